The summed E-state index contributed by atoms with van der Waals surface area (Å²) in [6, 6.07) is 14.0. The van der Waals surface area contributed by atoms with Crippen molar-refractivity contribution in [1.82, 2.24) is 10.6 Å². The van der Waals surface area contributed by atoms with Crippen LogP contribution in [-0.2, 0) is 22.0 Å². The molecular weight excluding hydrogens is 516 g/mol. The summed E-state index contributed by atoms with van der Waals surface area (Å²) in [6.45, 7) is 5.68. The van der Waals surface area contributed by atoms with Gasteiger partial charge in [-0.3, -0.25) is 4.99 Å². The second-order valence-electron chi connectivity index (χ2n) is 6.94. The number of rotatable bonds is 10. The second-order valence-corrected chi connectivity index (χ2v) is 9.12. The Bertz CT molecular complexity index is 906. The fourth-order valence-electron chi connectivity index (χ4n) is 2.97. The maximum atomic E-state index is 13.2. The largest absolute Gasteiger partial charge is 0.357 e. The molecule has 0 unspecified atom stereocenters. The van der Waals surface area contributed by atoms with Crippen LogP contribution in [-0.4, -0.2) is 39.8 Å². The Hall–Kier alpha value is -1.68. The number of hydrogen-bond acceptors (Lipinski definition) is 3. The normalized spacial score (nSPS) is 11.6. The molecule has 0 radical (unpaired) electrons. The SMILES string of the molecule is CCNC(=NCCCS(=O)(=O)Cc1ccccc1)NCCc1ccc(F)cc1C.I. The highest BCUT2D eigenvalue weighted by Crippen LogP contribution is 2.10. The number of sulfone groups is 1. The van der Waals surface area contributed by atoms with Crippen molar-refractivity contribution in [3.05, 3.63) is 71.0 Å². The van der Waals surface area contributed by atoms with E-state index >= 15 is 0 Å². The van der Waals surface area contributed by atoms with E-state index in [1.54, 1.807) is 6.07 Å². The zero-order valence-corrected chi connectivity index (χ0v) is 20.7. The lowest BCUT2D eigenvalue weighted by Gasteiger charge is -2.12. The van der Waals surface area contributed by atoms with E-state index in [4.69, 9.17) is 0 Å². The van der Waals surface area contributed by atoms with Crippen LogP contribution in [0.15, 0.2) is 53.5 Å². The lowest BCUT2D eigenvalue weighted by atomic mass is 10.1. The summed E-state index contributed by atoms with van der Waals surface area (Å²) in [5, 5.41) is 6.40. The lowest BCUT2D eigenvalue weighted by Crippen LogP contribution is -2.38. The highest BCUT2D eigenvalue weighted by atomic mass is 127. The van der Waals surface area contributed by atoms with Gasteiger partial charge >= 0.3 is 0 Å². The predicted octanol–water partition coefficient (Wildman–Crippen LogP) is 3.85. The molecule has 0 saturated heterocycles. The monoisotopic (exact) mass is 547 g/mol. The summed E-state index contributed by atoms with van der Waals surface area (Å²) in [6.07, 6.45) is 1.23. The first-order valence-corrected chi connectivity index (χ1v) is 11.7. The van der Waals surface area contributed by atoms with Gasteiger partial charge in [0.15, 0.2) is 15.8 Å². The van der Waals surface area contributed by atoms with Crippen LogP contribution in [0, 0.1) is 12.7 Å². The van der Waals surface area contributed by atoms with Gasteiger partial charge in [-0.15, -0.1) is 24.0 Å². The number of guanidine groups is 1. The highest BCUT2D eigenvalue weighted by molar-refractivity contribution is 14.0. The number of nitrogens with zero attached hydrogens (tertiary/aromatic N) is 1. The third-order valence-electron chi connectivity index (χ3n) is 4.45. The van der Waals surface area contributed by atoms with Crippen molar-refractivity contribution in [2.75, 3.05) is 25.4 Å². The molecule has 0 saturated carbocycles. The molecule has 0 amide bonds. The average Bonchev–Trinajstić information content (AvgIpc) is 2.67. The molecule has 0 spiro atoms. The van der Waals surface area contributed by atoms with Crippen molar-refractivity contribution in [3.8, 4) is 0 Å². The first kappa shape index (κ1) is 26.4. The lowest BCUT2D eigenvalue weighted by molar-refractivity contribution is 0.592. The van der Waals surface area contributed by atoms with Gasteiger partial charge in [0.05, 0.1) is 11.5 Å². The van der Waals surface area contributed by atoms with Crippen molar-refractivity contribution in [2.24, 2.45) is 4.99 Å². The molecule has 2 rings (SSSR count). The summed E-state index contributed by atoms with van der Waals surface area (Å²) in [5.41, 5.74) is 2.82. The Morgan fingerprint density at radius 1 is 1.10 bits per heavy atom. The van der Waals surface area contributed by atoms with Crippen LogP contribution in [0.25, 0.3) is 0 Å². The van der Waals surface area contributed by atoms with Gasteiger partial charge in [-0.2, -0.15) is 0 Å². The minimum atomic E-state index is -3.15. The molecular formula is C22H31FIN3O2S. The number of hydrogen-bond donors (Lipinski definition) is 2. The summed E-state index contributed by atoms with van der Waals surface area (Å²) in [7, 11) is -3.15. The van der Waals surface area contributed by atoms with Crippen LogP contribution in [0.3, 0.4) is 0 Å². The number of aryl methyl sites for hydroxylation is 1. The minimum Gasteiger partial charge on any atom is -0.357 e. The van der Waals surface area contributed by atoms with E-state index in [1.165, 1.54) is 12.1 Å². The number of halogens is 2. The molecule has 8 heteroatoms. The van der Waals surface area contributed by atoms with Gasteiger partial charge in [0.2, 0.25) is 0 Å². The Labute approximate surface area is 196 Å². The van der Waals surface area contributed by atoms with Crippen LogP contribution in [0.2, 0.25) is 0 Å². The third kappa shape index (κ3) is 9.88. The van der Waals surface area contributed by atoms with E-state index in [0.29, 0.717) is 32.0 Å². The average molecular weight is 547 g/mol. The minimum absolute atomic E-state index is 0. The van der Waals surface area contributed by atoms with Crippen molar-refractivity contribution in [1.29, 1.82) is 0 Å². The Kier molecular flexibility index (Phi) is 11.9. The number of benzene rings is 2. The standard InChI is InChI=1S/C22H30FN3O2S.HI/c1-3-24-22(26-14-12-20-10-11-21(23)16-18(20)2)25-13-7-15-29(27,28)17-19-8-5-4-6-9-19;/h4-6,8-11,16H,3,7,12-15,17H2,1-2H3,(H2,24,25,26);1H. The van der Waals surface area contributed by atoms with Crippen LogP contribution in [0.5, 0.6) is 0 Å². The van der Waals surface area contributed by atoms with E-state index < -0.39 is 9.84 Å². The maximum Gasteiger partial charge on any atom is 0.191 e. The first-order valence-electron chi connectivity index (χ1n) is 9.91. The molecule has 2 aromatic rings. The van der Waals surface area contributed by atoms with Crippen molar-refractivity contribution in [3.63, 3.8) is 0 Å². The van der Waals surface area contributed by atoms with Gasteiger partial charge < -0.3 is 10.6 Å². The van der Waals surface area contributed by atoms with E-state index in [1.807, 2.05) is 44.2 Å². The molecule has 0 aliphatic carbocycles. The Morgan fingerprint density at radius 2 is 1.83 bits per heavy atom. The molecule has 2 N–H and O–H groups in total. The van der Waals surface area contributed by atoms with Gasteiger partial charge in [0, 0.05) is 19.6 Å². The first-order chi connectivity index (χ1) is 13.9. The van der Waals surface area contributed by atoms with Crippen LogP contribution < -0.4 is 10.6 Å². The fraction of sp³-hybridized carbons (Fsp3) is 0.409. The Balaban J connectivity index is 0.00000450. The summed E-state index contributed by atoms with van der Waals surface area (Å²) >= 11 is 0. The fourth-order valence-corrected chi connectivity index (χ4v) is 4.39. The zero-order valence-electron chi connectivity index (χ0n) is 17.5. The summed E-state index contributed by atoms with van der Waals surface area (Å²) in [5.74, 6) is 0.607. The molecule has 0 bridgehead atoms. The number of aliphatic imine (C=N–C) groups is 1. The molecule has 0 fully saturated rings. The topological polar surface area (TPSA) is 70.6 Å². The highest BCUT2D eigenvalue weighted by Gasteiger charge is 2.11. The molecule has 5 nitrogen and oxygen atoms in total. The van der Waals surface area contributed by atoms with Crippen LogP contribution in [0.1, 0.15) is 30.0 Å². The molecule has 0 atom stereocenters. The Morgan fingerprint density at radius 3 is 2.50 bits per heavy atom. The quantitative estimate of drug-likeness (QED) is 0.205. The van der Waals surface area contributed by atoms with Crippen molar-refractivity contribution in [2.45, 2.75) is 32.4 Å². The van der Waals surface area contributed by atoms with E-state index in [2.05, 4.69) is 15.6 Å². The van der Waals surface area contributed by atoms with E-state index in [9.17, 15) is 12.8 Å². The molecule has 2 aromatic carbocycles. The van der Waals surface area contributed by atoms with Crippen molar-refractivity contribution >= 4 is 39.8 Å². The van der Waals surface area contributed by atoms with Crippen LogP contribution >= 0.6 is 24.0 Å². The number of nitrogens with one attached hydrogen (secondary N) is 2. The van der Waals surface area contributed by atoms with Crippen LogP contribution in [0.4, 0.5) is 4.39 Å². The van der Waals surface area contributed by atoms with E-state index in [0.717, 1.165) is 23.1 Å². The molecule has 0 aliphatic heterocycles. The van der Waals surface area contributed by atoms with Gasteiger partial charge in [0.25, 0.3) is 0 Å². The van der Waals surface area contributed by atoms with Gasteiger partial charge in [-0.05, 0) is 55.5 Å². The predicted molar refractivity (Wildman–Crippen MR) is 133 cm³/mol. The summed E-state index contributed by atoms with van der Waals surface area (Å²) < 4.78 is 37.7. The molecule has 166 valence electrons. The van der Waals surface area contributed by atoms with Gasteiger partial charge in [0.1, 0.15) is 5.82 Å². The second kappa shape index (κ2) is 13.6. The smallest absolute Gasteiger partial charge is 0.191 e. The van der Waals surface area contributed by atoms with Gasteiger partial charge in [-0.25, -0.2) is 12.8 Å². The molecule has 30 heavy (non-hydrogen) atoms. The third-order valence-corrected chi connectivity index (χ3v) is 6.13. The molecule has 0 heterocycles. The molecule has 0 aliphatic rings. The zero-order chi connectivity index (χ0) is 21.1. The van der Waals surface area contributed by atoms with E-state index in [-0.39, 0.29) is 41.3 Å². The van der Waals surface area contributed by atoms with Gasteiger partial charge in [-0.1, -0.05) is 36.4 Å². The van der Waals surface area contributed by atoms with Crippen molar-refractivity contribution < 1.29 is 12.8 Å². The summed E-state index contributed by atoms with van der Waals surface area (Å²) in [4.78, 5) is 4.46. The molecule has 0 aromatic heterocycles. The maximum absolute atomic E-state index is 13.2.